The SMILES string of the molecule is Cc1[nH]n(-c2ccc(Cl)cc2)c(=O)c1/C=N/C(=O)Nc1cccc2ccccc12. The van der Waals surface area contributed by atoms with Gasteiger partial charge in [0.05, 0.1) is 16.9 Å². The fourth-order valence-electron chi connectivity index (χ4n) is 3.09. The molecule has 0 bridgehead atoms. The fourth-order valence-corrected chi connectivity index (χ4v) is 3.21. The summed E-state index contributed by atoms with van der Waals surface area (Å²) in [6, 6.07) is 19.7. The highest BCUT2D eigenvalue weighted by Crippen LogP contribution is 2.23. The molecule has 0 fully saturated rings. The molecule has 3 aromatic carbocycles. The molecule has 7 heteroatoms. The highest BCUT2D eigenvalue weighted by Gasteiger charge is 2.11. The standard InChI is InChI=1S/C22H17ClN4O2/c1-14-19(21(28)27(26-14)17-11-9-16(23)10-12-17)13-24-22(29)25-20-8-4-6-15-5-2-3-7-18(15)20/h2-13,26H,1H3,(H,25,29)/b24-13+. The van der Waals surface area contributed by atoms with E-state index in [0.717, 1.165) is 10.8 Å². The van der Waals surface area contributed by atoms with E-state index in [-0.39, 0.29) is 5.56 Å². The van der Waals surface area contributed by atoms with Crippen molar-refractivity contribution < 1.29 is 4.79 Å². The van der Waals surface area contributed by atoms with Gasteiger partial charge in [-0.05, 0) is 42.6 Å². The molecule has 2 N–H and O–H groups in total. The van der Waals surface area contributed by atoms with Gasteiger partial charge in [0.15, 0.2) is 0 Å². The number of aromatic amines is 1. The predicted octanol–water partition coefficient (Wildman–Crippen LogP) is 4.93. The number of urea groups is 1. The molecule has 144 valence electrons. The molecule has 0 saturated heterocycles. The molecule has 0 aliphatic heterocycles. The molecule has 0 aliphatic carbocycles. The monoisotopic (exact) mass is 404 g/mol. The molecule has 0 radical (unpaired) electrons. The van der Waals surface area contributed by atoms with Gasteiger partial charge in [-0.2, -0.15) is 0 Å². The fraction of sp³-hybridized carbons (Fsp3) is 0.0455. The molecular weight excluding hydrogens is 388 g/mol. The second-order valence-corrected chi connectivity index (χ2v) is 6.92. The first-order chi connectivity index (χ1) is 14.0. The second kappa shape index (κ2) is 7.77. The van der Waals surface area contributed by atoms with Crippen LogP contribution in [0.1, 0.15) is 11.3 Å². The summed E-state index contributed by atoms with van der Waals surface area (Å²) in [4.78, 5) is 28.9. The Kier molecular flexibility index (Phi) is 5.01. The Balaban J connectivity index is 1.58. The van der Waals surface area contributed by atoms with Crippen molar-refractivity contribution in [2.75, 3.05) is 5.32 Å². The maximum Gasteiger partial charge on any atom is 0.345 e. The van der Waals surface area contributed by atoms with Gasteiger partial charge in [0.2, 0.25) is 0 Å². The first-order valence-corrected chi connectivity index (χ1v) is 9.31. The van der Waals surface area contributed by atoms with E-state index in [1.165, 1.54) is 10.9 Å². The summed E-state index contributed by atoms with van der Waals surface area (Å²) in [6.45, 7) is 1.75. The van der Waals surface area contributed by atoms with Gasteiger partial charge >= 0.3 is 6.03 Å². The van der Waals surface area contributed by atoms with Gasteiger partial charge < -0.3 is 5.32 Å². The minimum atomic E-state index is -0.556. The zero-order valence-electron chi connectivity index (χ0n) is 15.5. The maximum atomic E-state index is 12.7. The van der Waals surface area contributed by atoms with E-state index in [0.29, 0.717) is 27.7 Å². The Hall–Kier alpha value is -3.64. The lowest BCUT2D eigenvalue weighted by atomic mass is 10.1. The van der Waals surface area contributed by atoms with Gasteiger partial charge in [0.1, 0.15) is 0 Å². The van der Waals surface area contributed by atoms with Crippen molar-refractivity contribution in [3.8, 4) is 5.69 Å². The molecule has 1 aromatic heterocycles. The Morgan fingerprint density at radius 3 is 2.59 bits per heavy atom. The molecule has 6 nitrogen and oxygen atoms in total. The van der Waals surface area contributed by atoms with Crippen LogP contribution in [0.3, 0.4) is 0 Å². The first kappa shape index (κ1) is 18.7. The summed E-state index contributed by atoms with van der Waals surface area (Å²) in [7, 11) is 0. The van der Waals surface area contributed by atoms with Crippen molar-refractivity contribution in [3.63, 3.8) is 0 Å². The highest BCUT2D eigenvalue weighted by atomic mass is 35.5. The third-order valence-electron chi connectivity index (χ3n) is 4.54. The third kappa shape index (κ3) is 3.83. The summed E-state index contributed by atoms with van der Waals surface area (Å²) < 4.78 is 1.38. The summed E-state index contributed by atoms with van der Waals surface area (Å²) >= 11 is 5.90. The highest BCUT2D eigenvalue weighted by molar-refractivity contribution is 6.30. The lowest BCUT2D eigenvalue weighted by molar-refractivity contribution is 0.259. The van der Waals surface area contributed by atoms with Crippen LogP contribution in [0.2, 0.25) is 5.02 Å². The number of fused-ring (bicyclic) bond motifs is 1. The number of hydrogen-bond acceptors (Lipinski definition) is 2. The number of rotatable bonds is 3. The number of H-pyrrole nitrogens is 1. The largest absolute Gasteiger partial charge is 0.345 e. The van der Waals surface area contributed by atoms with Crippen LogP contribution in [0.5, 0.6) is 0 Å². The topological polar surface area (TPSA) is 79.2 Å². The van der Waals surface area contributed by atoms with E-state index in [4.69, 9.17) is 11.6 Å². The maximum absolute atomic E-state index is 12.7. The molecule has 0 aliphatic rings. The number of anilines is 1. The number of amides is 2. The number of hydrogen-bond donors (Lipinski definition) is 2. The van der Waals surface area contributed by atoms with Crippen molar-refractivity contribution in [3.05, 3.63) is 93.4 Å². The predicted molar refractivity (Wildman–Crippen MR) is 117 cm³/mol. The average molecular weight is 405 g/mol. The van der Waals surface area contributed by atoms with Crippen LogP contribution < -0.4 is 10.9 Å². The molecular formula is C22H17ClN4O2. The van der Waals surface area contributed by atoms with Gasteiger partial charge in [0, 0.05) is 22.3 Å². The van der Waals surface area contributed by atoms with Crippen LogP contribution in [0.4, 0.5) is 10.5 Å². The lowest BCUT2D eigenvalue weighted by Crippen LogP contribution is -2.17. The molecule has 0 atom stereocenters. The Morgan fingerprint density at radius 2 is 1.79 bits per heavy atom. The van der Waals surface area contributed by atoms with Gasteiger partial charge in [-0.3, -0.25) is 9.89 Å². The van der Waals surface area contributed by atoms with E-state index < -0.39 is 6.03 Å². The number of aliphatic imine (C=N–C) groups is 1. The van der Waals surface area contributed by atoms with Crippen LogP contribution in [-0.2, 0) is 0 Å². The molecule has 29 heavy (non-hydrogen) atoms. The Labute approximate surface area is 171 Å². The molecule has 0 spiro atoms. The van der Waals surface area contributed by atoms with Gasteiger partial charge in [-0.15, -0.1) is 0 Å². The van der Waals surface area contributed by atoms with Gasteiger partial charge in [-0.25, -0.2) is 14.5 Å². The van der Waals surface area contributed by atoms with Crippen molar-refractivity contribution in [1.82, 2.24) is 9.78 Å². The van der Waals surface area contributed by atoms with Crippen LogP contribution in [0.25, 0.3) is 16.5 Å². The van der Waals surface area contributed by atoms with E-state index in [2.05, 4.69) is 15.4 Å². The van der Waals surface area contributed by atoms with E-state index in [1.807, 2.05) is 42.5 Å². The quantitative estimate of drug-likeness (QED) is 0.475. The second-order valence-electron chi connectivity index (χ2n) is 6.48. The van der Waals surface area contributed by atoms with Gasteiger partial charge in [0.25, 0.3) is 5.56 Å². The average Bonchev–Trinajstić information content (AvgIpc) is 3.01. The van der Waals surface area contributed by atoms with Crippen LogP contribution in [0.15, 0.2) is 76.5 Å². The molecule has 4 rings (SSSR count). The summed E-state index contributed by atoms with van der Waals surface area (Å²) in [5, 5.41) is 8.27. The van der Waals surface area contributed by atoms with E-state index in [1.54, 1.807) is 31.2 Å². The van der Waals surface area contributed by atoms with E-state index >= 15 is 0 Å². The van der Waals surface area contributed by atoms with Crippen LogP contribution in [0, 0.1) is 6.92 Å². The number of benzene rings is 3. The number of carbonyl (C=O) groups excluding carboxylic acids is 1. The molecule has 0 unspecified atom stereocenters. The number of halogens is 1. The number of aromatic nitrogens is 2. The molecule has 4 aromatic rings. The summed E-state index contributed by atoms with van der Waals surface area (Å²) in [6.07, 6.45) is 1.28. The van der Waals surface area contributed by atoms with Crippen molar-refractivity contribution in [1.29, 1.82) is 0 Å². The van der Waals surface area contributed by atoms with Crippen LogP contribution in [-0.4, -0.2) is 22.0 Å². The summed E-state index contributed by atoms with van der Waals surface area (Å²) in [5.74, 6) is 0. The van der Waals surface area contributed by atoms with Crippen molar-refractivity contribution in [2.45, 2.75) is 6.92 Å². The Morgan fingerprint density at radius 1 is 1.07 bits per heavy atom. The molecule has 1 heterocycles. The van der Waals surface area contributed by atoms with Crippen LogP contribution >= 0.6 is 11.6 Å². The zero-order valence-corrected chi connectivity index (χ0v) is 16.3. The summed E-state index contributed by atoms with van der Waals surface area (Å²) in [5.41, 5.74) is 1.92. The van der Waals surface area contributed by atoms with Gasteiger partial charge in [-0.1, -0.05) is 48.0 Å². The lowest BCUT2D eigenvalue weighted by Gasteiger charge is -2.06. The number of nitrogens with zero attached hydrogens (tertiary/aromatic N) is 2. The smallest absolute Gasteiger partial charge is 0.305 e. The Bertz CT molecular complexity index is 1280. The third-order valence-corrected chi connectivity index (χ3v) is 4.80. The number of aryl methyl sites for hydroxylation is 1. The minimum Gasteiger partial charge on any atom is -0.305 e. The zero-order chi connectivity index (χ0) is 20.4. The van der Waals surface area contributed by atoms with Crippen molar-refractivity contribution in [2.24, 2.45) is 4.99 Å². The minimum absolute atomic E-state index is 0.300. The normalized spacial score (nSPS) is 11.2. The van der Waals surface area contributed by atoms with Crippen molar-refractivity contribution >= 4 is 40.3 Å². The molecule has 2 amide bonds. The molecule has 0 saturated carbocycles. The van der Waals surface area contributed by atoms with E-state index in [9.17, 15) is 9.59 Å². The number of nitrogens with one attached hydrogen (secondary N) is 2. The number of carbonyl (C=O) groups is 1. The first-order valence-electron chi connectivity index (χ1n) is 8.93.